The van der Waals surface area contributed by atoms with Gasteiger partial charge >= 0.3 is 5.97 Å². The van der Waals surface area contributed by atoms with Crippen LogP contribution < -0.4 is 10.1 Å². The summed E-state index contributed by atoms with van der Waals surface area (Å²) in [6, 6.07) is 18.4. The van der Waals surface area contributed by atoms with Gasteiger partial charge in [-0.2, -0.15) is 5.10 Å². The van der Waals surface area contributed by atoms with Crippen molar-refractivity contribution in [1.82, 2.24) is 19.7 Å². The van der Waals surface area contributed by atoms with Crippen LogP contribution in [0.4, 0.5) is 11.5 Å². The number of nitrogens with one attached hydrogen (secondary N) is 1. The number of anilines is 2. The molecule has 1 N–H and O–H groups in total. The molecule has 180 valence electrons. The molecule has 0 unspecified atom stereocenters. The SMILES string of the molecule is COC(=O)c1cc(OC)ccc1Nc1c(-c2ccc3nccnc3c2)c(C)nn1-c1ccccc1Cl. The number of carbonyl (C=O) groups excluding carboxylic acids is 1. The first-order valence-electron chi connectivity index (χ1n) is 11.1. The van der Waals surface area contributed by atoms with Crippen LogP contribution in [0.3, 0.4) is 0 Å². The number of benzene rings is 3. The summed E-state index contributed by atoms with van der Waals surface area (Å²) in [4.78, 5) is 21.5. The molecule has 9 heteroatoms. The number of halogens is 1. The summed E-state index contributed by atoms with van der Waals surface area (Å²) in [5.74, 6) is 0.656. The molecule has 0 aliphatic heterocycles. The van der Waals surface area contributed by atoms with Crippen LogP contribution in [0.15, 0.2) is 73.1 Å². The van der Waals surface area contributed by atoms with E-state index in [2.05, 4.69) is 15.3 Å². The van der Waals surface area contributed by atoms with Crippen molar-refractivity contribution in [2.75, 3.05) is 19.5 Å². The summed E-state index contributed by atoms with van der Waals surface area (Å²) in [5, 5.41) is 8.76. The van der Waals surface area contributed by atoms with Crippen LogP contribution in [0.1, 0.15) is 16.1 Å². The molecule has 0 bridgehead atoms. The summed E-state index contributed by atoms with van der Waals surface area (Å²) in [5.41, 5.74) is 5.54. The van der Waals surface area contributed by atoms with Gasteiger partial charge in [0.1, 0.15) is 11.6 Å². The number of ether oxygens (including phenoxy) is 2. The molecule has 2 aromatic heterocycles. The van der Waals surface area contributed by atoms with Crippen molar-refractivity contribution in [3.8, 4) is 22.6 Å². The van der Waals surface area contributed by atoms with Crippen molar-refractivity contribution in [3.63, 3.8) is 0 Å². The molecule has 0 fully saturated rings. The highest BCUT2D eigenvalue weighted by Gasteiger charge is 2.22. The number of hydrogen-bond donors (Lipinski definition) is 1. The largest absolute Gasteiger partial charge is 0.497 e. The van der Waals surface area contributed by atoms with Gasteiger partial charge in [-0.05, 0) is 55.0 Å². The highest BCUT2D eigenvalue weighted by molar-refractivity contribution is 6.32. The number of aryl methyl sites for hydroxylation is 1. The third-order valence-corrected chi connectivity index (χ3v) is 6.10. The zero-order valence-electron chi connectivity index (χ0n) is 19.8. The van der Waals surface area contributed by atoms with Crippen LogP contribution in [-0.4, -0.2) is 39.9 Å². The van der Waals surface area contributed by atoms with Crippen molar-refractivity contribution >= 4 is 40.1 Å². The lowest BCUT2D eigenvalue weighted by atomic mass is 10.0. The Morgan fingerprint density at radius 1 is 0.972 bits per heavy atom. The van der Waals surface area contributed by atoms with E-state index in [4.69, 9.17) is 26.2 Å². The summed E-state index contributed by atoms with van der Waals surface area (Å²) in [6.07, 6.45) is 3.32. The minimum atomic E-state index is -0.500. The Hall–Kier alpha value is -4.43. The van der Waals surface area contributed by atoms with Gasteiger partial charge in [0.05, 0.1) is 52.9 Å². The van der Waals surface area contributed by atoms with Crippen molar-refractivity contribution in [2.45, 2.75) is 6.92 Å². The van der Waals surface area contributed by atoms with E-state index in [-0.39, 0.29) is 0 Å². The summed E-state index contributed by atoms with van der Waals surface area (Å²) < 4.78 is 12.1. The van der Waals surface area contributed by atoms with Crippen molar-refractivity contribution in [2.24, 2.45) is 0 Å². The van der Waals surface area contributed by atoms with Gasteiger partial charge in [0.25, 0.3) is 0 Å². The fraction of sp³-hybridized carbons (Fsp3) is 0.111. The van der Waals surface area contributed by atoms with E-state index in [0.717, 1.165) is 27.9 Å². The van der Waals surface area contributed by atoms with Crippen LogP contribution in [0, 0.1) is 6.92 Å². The summed E-state index contributed by atoms with van der Waals surface area (Å²) >= 11 is 6.57. The van der Waals surface area contributed by atoms with Crippen LogP contribution >= 0.6 is 11.6 Å². The maximum atomic E-state index is 12.6. The molecule has 0 saturated heterocycles. The third kappa shape index (κ3) is 4.23. The fourth-order valence-corrected chi connectivity index (χ4v) is 4.29. The van der Waals surface area contributed by atoms with E-state index in [9.17, 15) is 4.79 Å². The van der Waals surface area contributed by atoms with E-state index in [0.29, 0.717) is 33.5 Å². The van der Waals surface area contributed by atoms with Gasteiger partial charge in [0, 0.05) is 18.0 Å². The number of para-hydroxylation sites is 1. The van der Waals surface area contributed by atoms with Crippen molar-refractivity contribution in [1.29, 1.82) is 0 Å². The average molecular weight is 500 g/mol. The molecule has 0 spiro atoms. The van der Waals surface area contributed by atoms with Crippen molar-refractivity contribution in [3.05, 3.63) is 89.3 Å². The molecule has 0 aliphatic rings. The lowest BCUT2D eigenvalue weighted by Gasteiger charge is -2.16. The van der Waals surface area contributed by atoms with Gasteiger partial charge in [-0.3, -0.25) is 9.97 Å². The Kier molecular flexibility index (Phi) is 6.26. The molecular formula is C27H22ClN5O3. The maximum absolute atomic E-state index is 12.6. The normalized spacial score (nSPS) is 10.9. The number of aromatic nitrogens is 4. The van der Waals surface area contributed by atoms with Crippen LogP contribution in [0.25, 0.3) is 27.8 Å². The topological polar surface area (TPSA) is 91.2 Å². The molecule has 5 rings (SSSR count). The van der Waals surface area contributed by atoms with E-state index < -0.39 is 5.97 Å². The zero-order valence-corrected chi connectivity index (χ0v) is 20.6. The first kappa shape index (κ1) is 23.3. The number of fused-ring (bicyclic) bond motifs is 1. The molecule has 0 amide bonds. The maximum Gasteiger partial charge on any atom is 0.340 e. The van der Waals surface area contributed by atoms with Gasteiger partial charge in [-0.15, -0.1) is 0 Å². The molecule has 3 aromatic carbocycles. The van der Waals surface area contributed by atoms with E-state index in [1.807, 2.05) is 43.3 Å². The second-order valence-corrected chi connectivity index (χ2v) is 8.37. The molecule has 8 nitrogen and oxygen atoms in total. The zero-order chi connectivity index (χ0) is 25.2. The molecule has 36 heavy (non-hydrogen) atoms. The lowest BCUT2D eigenvalue weighted by molar-refractivity contribution is 0.0601. The Morgan fingerprint density at radius 2 is 1.75 bits per heavy atom. The standard InChI is InChI=1S/C27H22ClN5O3/c1-16-25(17-8-10-22-23(14-17)30-13-12-29-22)26(33(32-16)24-7-5-4-6-20(24)28)31-21-11-9-18(35-2)15-19(21)27(34)36-3/h4-15,31H,1-3H3. The van der Waals surface area contributed by atoms with Crippen molar-refractivity contribution < 1.29 is 14.3 Å². The summed E-state index contributed by atoms with van der Waals surface area (Å²) in [7, 11) is 2.88. The van der Waals surface area contributed by atoms with Gasteiger partial charge in [-0.1, -0.05) is 29.8 Å². The second kappa shape index (κ2) is 9.67. The Balaban J connectivity index is 1.74. The smallest absolute Gasteiger partial charge is 0.340 e. The van der Waals surface area contributed by atoms with Gasteiger partial charge in [0.15, 0.2) is 0 Å². The van der Waals surface area contributed by atoms with E-state index >= 15 is 0 Å². The minimum absolute atomic E-state index is 0.316. The number of methoxy groups -OCH3 is 2. The Bertz CT molecular complexity index is 1600. The van der Waals surface area contributed by atoms with Crippen LogP contribution in [0.5, 0.6) is 5.75 Å². The predicted molar refractivity (Wildman–Crippen MR) is 139 cm³/mol. The highest BCUT2D eigenvalue weighted by Crippen LogP contribution is 2.38. The Morgan fingerprint density at radius 3 is 2.50 bits per heavy atom. The minimum Gasteiger partial charge on any atom is -0.497 e. The quantitative estimate of drug-likeness (QED) is 0.287. The highest BCUT2D eigenvalue weighted by atomic mass is 35.5. The first-order chi connectivity index (χ1) is 17.5. The molecule has 2 heterocycles. The lowest BCUT2D eigenvalue weighted by Crippen LogP contribution is -2.09. The Labute approximate surface area is 212 Å². The number of nitrogens with zero attached hydrogens (tertiary/aromatic N) is 4. The number of esters is 1. The number of rotatable bonds is 6. The molecule has 0 saturated carbocycles. The van der Waals surface area contributed by atoms with E-state index in [1.165, 1.54) is 7.11 Å². The molecule has 0 aliphatic carbocycles. The fourth-order valence-electron chi connectivity index (χ4n) is 4.07. The van der Waals surface area contributed by atoms with E-state index in [1.54, 1.807) is 48.5 Å². The molecular weight excluding hydrogens is 478 g/mol. The first-order valence-corrected chi connectivity index (χ1v) is 11.5. The molecule has 0 radical (unpaired) electrons. The molecule has 0 atom stereocenters. The van der Waals surface area contributed by atoms with Gasteiger partial charge in [0.2, 0.25) is 0 Å². The van der Waals surface area contributed by atoms with Gasteiger partial charge < -0.3 is 14.8 Å². The monoisotopic (exact) mass is 499 g/mol. The van der Waals surface area contributed by atoms with Gasteiger partial charge in [-0.25, -0.2) is 9.48 Å². The second-order valence-electron chi connectivity index (χ2n) is 7.96. The number of hydrogen-bond acceptors (Lipinski definition) is 7. The summed E-state index contributed by atoms with van der Waals surface area (Å²) in [6.45, 7) is 1.92. The average Bonchev–Trinajstić information content (AvgIpc) is 3.23. The predicted octanol–water partition coefficient (Wildman–Crippen LogP) is 5.98. The molecule has 5 aromatic rings. The number of carbonyl (C=O) groups is 1. The van der Waals surface area contributed by atoms with Crippen LogP contribution in [-0.2, 0) is 4.74 Å². The third-order valence-electron chi connectivity index (χ3n) is 5.78. The van der Waals surface area contributed by atoms with Crippen LogP contribution in [0.2, 0.25) is 5.02 Å².